The number of carbonyl (C=O) groups excluding carboxylic acids is 1. The average molecular weight is 449 g/mol. The Labute approximate surface area is 195 Å². The highest BCUT2D eigenvalue weighted by Crippen LogP contribution is 2.24. The van der Waals surface area contributed by atoms with Crippen LogP contribution in [0.2, 0.25) is 0 Å². The molecule has 1 amide bonds. The number of aryl methyl sites for hydroxylation is 2. The van der Waals surface area contributed by atoms with E-state index >= 15 is 0 Å². The first kappa shape index (κ1) is 23.0. The molecule has 1 fully saturated rings. The monoisotopic (exact) mass is 448 g/mol. The predicted molar refractivity (Wildman–Crippen MR) is 127 cm³/mol. The Balaban J connectivity index is 1.21. The molecule has 7 nitrogen and oxygen atoms in total. The third kappa shape index (κ3) is 5.99. The SMILES string of the molecule is Cc1ccc(-c2noc(C(C)N3CCN(C(=O)CCCOc4cccc(C)c4)CC3)n2)cc1. The van der Waals surface area contributed by atoms with Crippen LogP contribution in [0.4, 0.5) is 0 Å². The number of ether oxygens (including phenoxy) is 1. The van der Waals surface area contributed by atoms with E-state index in [0.717, 1.165) is 24.4 Å². The standard InChI is InChI=1S/C26H32N4O3/c1-19-9-11-22(12-10-19)25-27-26(33-28-25)21(3)29-13-15-30(16-14-29)24(31)8-5-17-32-23-7-4-6-20(2)18-23/h4,6-7,9-12,18,21H,5,8,13-17H2,1-3H3. The lowest BCUT2D eigenvalue weighted by molar-refractivity contribution is -0.133. The van der Waals surface area contributed by atoms with Crippen molar-refractivity contribution in [3.8, 4) is 17.1 Å². The van der Waals surface area contributed by atoms with Crippen LogP contribution in [-0.2, 0) is 4.79 Å². The quantitative estimate of drug-likeness (QED) is 0.475. The third-order valence-electron chi connectivity index (χ3n) is 6.12. The second-order valence-corrected chi connectivity index (χ2v) is 8.68. The van der Waals surface area contributed by atoms with E-state index in [1.54, 1.807) is 0 Å². The minimum atomic E-state index is 0.0108. The summed E-state index contributed by atoms with van der Waals surface area (Å²) >= 11 is 0. The minimum Gasteiger partial charge on any atom is -0.494 e. The van der Waals surface area contributed by atoms with Gasteiger partial charge in [0.05, 0.1) is 12.6 Å². The molecule has 1 atom stereocenters. The van der Waals surface area contributed by atoms with Crippen LogP contribution in [0, 0.1) is 13.8 Å². The molecule has 174 valence electrons. The van der Waals surface area contributed by atoms with Gasteiger partial charge >= 0.3 is 0 Å². The minimum absolute atomic E-state index is 0.0108. The van der Waals surface area contributed by atoms with Crippen LogP contribution in [0.5, 0.6) is 5.75 Å². The molecule has 4 rings (SSSR count). The normalized spacial score (nSPS) is 15.4. The second kappa shape index (κ2) is 10.6. The number of piperazine rings is 1. The molecule has 1 aliphatic heterocycles. The molecule has 0 aliphatic carbocycles. The first-order valence-electron chi connectivity index (χ1n) is 11.6. The van der Waals surface area contributed by atoms with Crippen molar-refractivity contribution in [1.82, 2.24) is 19.9 Å². The van der Waals surface area contributed by atoms with Gasteiger partial charge in [-0.05, 0) is 44.9 Å². The second-order valence-electron chi connectivity index (χ2n) is 8.68. The first-order chi connectivity index (χ1) is 16.0. The Hall–Kier alpha value is -3.19. The zero-order valence-corrected chi connectivity index (χ0v) is 19.7. The van der Waals surface area contributed by atoms with Crippen LogP contribution < -0.4 is 4.74 Å². The highest BCUT2D eigenvalue weighted by molar-refractivity contribution is 5.76. The molecule has 2 heterocycles. The van der Waals surface area contributed by atoms with Gasteiger partial charge in [-0.3, -0.25) is 9.69 Å². The fourth-order valence-corrected chi connectivity index (χ4v) is 4.02. The van der Waals surface area contributed by atoms with Gasteiger partial charge in [0.2, 0.25) is 17.6 Å². The summed E-state index contributed by atoms with van der Waals surface area (Å²) in [6.07, 6.45) is 1.22. The fraction of sp³-hybridized carbons (Fsp3) is 0.423. The molecule has 0 bridgehead atoms. The van der Waals surface area contributed by atoms with Crippen molar-refractivity contribution in [3.05, 3.63) is 65.5 Å². The van der Waals surface area contributed by atoms with Gasteiger partial charge in [-0.2, -0.15) is 4.98 Å². The van der Waals surface area contributed by atoms with Crippen molar-refractivity contribution < 1.29 is 14.1 Å². The van der Waals surface area contributed by atoms with Gasteiger partial charge in [0.15, 0.2) is 0 Å². The van der Waals surface area contributed by atoms with Crippen molar-refractivity contribution in [1.29, 1.82) is 0 Å². The molecule has 7 heteroatoms. The summed E-state index contributed by atoms with van der Waals surface area (Å²) in [4.78, 5) is 21.4. The first-order valence-corrected chi connectivity index (χ1v) is 11.6. The van der Waals surface area contributed by atoms with Gasteiger partial charge in [-0.15, -0.1) is 0 Å². The summed E-state index contributed by atoms with van der Waals surface area (Å²) in [5.74, 6) is 2.27. The molecule has 3 aromatic rings. The van der Waals surface area contributed by atoms with Gasteiger partial charge in [0.25, 0.3) is 0 Å². The lowest BCUT2D eigenvalue weighted by atomic mass is 10.1. The molecule has 1 aliphatic rings. The summed E-state index contributed by atoms with van der Waals surface area (Å²) in [5.41, 5.74) is 3.31. The van der Waals surface area contributed by atoms with Gasteiger partial charge in [-0.1, -0.05) is 47.1 Å². The number of nitrogens with zero attached hydrogens (tertiary/aromatic N) is 4. The average Bonchev–Trinajstić information content (AvgIpc) is 3.32. The van der Waals surface area contributed by atoms with Gasteiger partial charge in [0.1, 0.15) is 5.75 Å². The van der Waals surface area contributed by atoms with E-state index < -0.39 is 0 Å². The Kier molecular flexibility index (Phi) is 7.40. The summed E-state index contributed by atoms with van der Waals surface area (Å²) in [6, 6.07) is 16.1. The van der Waals surface area contributed by atoms with Crippen molar-refractivity contribution in [3.63, 3.8) is 0 Å². The molecule has 0 saturated carbocycles. The Morgan fingerprint density at radius 1 is 1.06 bits per heavy atom. The van der Waals surface area contributed by atoms with Crippen LogP contribution in [0.15, 0.2) is 53.1 Å². The maximum Gasteiger partial charge on any atom is 0.244 e. The topological polar surface area (TPSA) is 71.7 Å². The number of amides is 1. The summed E-state index contributed by atoms with van der Waals surface area (Å²) in [5, 5.41) is 4.15. The van der Waals surface area contributed by atoms with Crippen molar-refractivity contribution in [2.75, 3.05) is 32.8 Å². The number of hydrogen-bond donors (Lipinski definition) is 0. The van der Waals surface area contributed by atoms with Gasteiger partial charge in [0, 0.05) is 38.2 Å². The molecule has 1 aromatic heterocycles. The van der Waals surface area contributed by atoms with E-state index in [0.29, 0.717) is 44.3 Å². The smallest absolute Gasteiger partial charge is 0.244 e. The van der Waals surface area contributed by atoms with Crippen LogP contribution in [0.1, 0.15) is 42.8 Å². The molecular formula is C26H32N4O3. The predicted octanol–water partition coefficient (Wildman–Crippen LogP) is 4.42. The maximum atomic E-state index is 12.6. The Morgan fingerprint density at radius 2 is 1.82 bits per heavy atom. The van der Waals surface area contributed by atoms with Gasteiger partial charge < -0.3 is 14.2 Å². The Bertz CT molecular complexity index is 1060. The number of hydrogen-bond acceptors (Lipinski definition) is 6. The van der Waals surface area contributed by atoms with Crippen LogP contribution >= 0.6 is 0 Å². The fourth-order valence-electron chi connectivity index (χ4n) is 4.02. The number of aromatic nitrogens is 2. The van der Waals surface area contributed by atoms with Crippen molar-refractivity contribution >= 4 is 5.91 Å². The van der Waals surface area contributed by atoms with Crippen LogP contribution in [-0.4, -0.2) is 58.6 Å². The molecule has 0 spiro atoms. The zero-order valence-electron chi connectivity index (χ0n) is 19.7. The summed E-state index contributed by atoms with van der Waals surface area (Å²) < 4.78 is 11.3. The third-order valence-corrected chi connectivity index (χ3v) is 6.12. The molecule has 0 N–H and O–H groups in total. The molecular weight excluding hydrogens is 416 g/mol. The lowest BCUT2D eigenvalue weighted by Crippen LogP contribution is -2.49. The molecule has 0 radical (unpaired) electrons. The van der Waals surface area contributed by atoms with E-state index in [4.69, 9.17) is 9.26 Å². The molecule has 2 aromatic carbocycles. The molecule has 33 heavy (non-hydrogen) atoms. The van der Waals surface area contributed by atoms with Crippen molar-refractivity contribution in [2.24, 2.45) is 0 Å². The highest BCUT2D eigenvalue weighted by Gasteiger charge is 2.27. The molecule has 1 saturated heterocycles. The van der Waals surface area contributed by atoms with E-state index in [1.165, 1.54) is 11.1 Å². The van der Waals surface area contributed by atoms with Crippen molar-refractivity contribution in [2.45, 2.75) is 39.7 Å². The van der Waals surface area contributed by atoms with Gasteiger partial charge in [-0.25, -0.2) is 0 Å². The zero-order chi connectivity index (χ0) is 23.2. The highest BCUT2D eigenvalue weighted by atomic mass is 16.5. The Morgan fingerprint density at radius 3 is 2.55 bits per heavy atom. The number of rotatable bonds is 8. The van der Waals surface area contributed by atoms with E-state index in [1.807, 2.05) is 60.4 Å². The maximum absolute atomic E-state index is 12.6. The summed E-state index contributed by atoms with van der Waals surface area (Å²) in [7, 11) is 0. The largest absolute Gasteiger partial charge is 0.494 e. The van der Waals surface area contributed by atoms with E-state index in [-0.39, 0.29) is 11.9 Å². The van der Waals surface area contributed by atoms with E-state index in [2.05, 4.69) is 28.9 Å². The molecule has 1 unspecified atom stereocenters. The number of benzene rings is 2. The lowest BCUT2D eigenvalue weighted by Gasteiger charge is -2.36. The summed E-state index contributed by atoms with van der Waals surface area (Å²) in [6.45, 7) is 9.71. The van der Waals surface area contributed by atoms with E-state index in [9.17, 15) is 4.79 Å². The number of carbonyl (C=O) groups is 1. The van der Waals surface area contributed by atoms with Crippen LogP contribution in [0.3, 0.4) is 0 Å². The van der Waals surface area contributed by atoms with Crippen LogP contribution in [0.25, 0.3) is 11.4 Å².